The van der Waals surface area contributed by atoms with Gasteiger partial charge in [-0.05, 0) is 42.1 Å². The minimum atomic E-state index is -0.290. The zero-order valence-electron chi connectivity index (χ0n) is 17.4. The molecule has 1 aromatic carbocycles. The van der Waals surface area contributed by atoms with Crippen LogP contribution < -0.4 is 5.32 Å². The van der Waals surface area contributed by atoms with Crippen LogP contribution in [0.3, 0.4) is 0 Å². The van der Waals surface area contributed by atoms with Gasteiger partial charge in [0.15, 0.2) is 9.99 Å². The normalized spacial score (nSPS) is 11.2. The number of benzene rings is 1. The average molecular weight is 497 g/mol. The van der Waals surface area contributed by atoms with Crippen molar-refractivity contribution in [3.8, 4) is 10.6 Å². The molecule has 1 N–H and O–H groups in total. The molecular formula is C22H17FN6OS3. The SMILES string of the molecule is CCn1ncc2c(C(=O)Nc3nnc(SCc4ccc(F)cc4)s3)cc(-c3cccs3)nc21. The molecule has 0 aliphatic rings. The van der Waals surface area contributed by atoms with Crippen molar-refractivity contribution in [1.29, 1.82) is 0 Å². The molecular weight excluding hydrogens is 479 g/mol. The van der Waals surface area contributed by atoms with Gasteiger partial charge in [0.1, 0.15) is 5.82 Å². The number of anilines is 1. The first kappa shape index (κ1) is 21.7. The van der Waals surface area contributed by atoms with Crippen molar-refractivity contribution < 1.29 is 9.18 Å². The topological polar surface area (TPSA) is 85.6 Å². The fourth-order valence-electron chi connectivity index (χ4n) is 3.23. The number of hydrogen-bond acceptors (Lipinski definition) is 8. The van der Waals surface area contributed by atoms with Gasteiger partial charge in [-0.25, -0.2) is 14.1 Å². The Balaban J connectivity index is 1.37. The maximum absolute atomic E-state index is 13.2. The summed E-state index contributed by atoms with van der Waals surface area (Å²) in [4.78, 5) is 18.9. The number of thioether (sulfide) groups is 1. The van der Waals surface area contributed by atoms with E-state index in [-0.39, 0.29) is 11.7 Å². The van der Waals surface area contributed by atoms with Crippen LogP contribution in [0.5, 0.6) is 0 Å². The Hall–Kier alpha value is -3.15. The van der Waals surface area contributed by atoms with E-state index in [4.69, 9.17) is 4.98 Å². The molecule has 0 aliphatic carbocycles. The van der Waals surface area contributed by atoms with E-state index in [9.17, 15) is 9.18 Å². The highest BCUT2D eigenvalue weighted by Gasteiger charge is 2.19. The molecule has 0 fully saturated rings. The van der Waals surface area contributed by atoms with Crippen molar-refractivity contribution >= 4 is 56.5 Å². The number of carbonyl (C=O) groups is 1. The maximum Gasteiger partial charge on any atom is 0.258 e. The molecule has 0 saturated heterocycles. The summed E-state index contributed by atoms with van der Waals surface area (Å²) in [5.41, 5.74) is 2.86. The monoisotopic (exact) mass is 496 g/mol. The number of halogens is 1. The van der Waals surface area contributed by atoms with E-state index in [2.05, 4.69) is 20.6 Å². The molecule has 11 heteroatoms. The van der Waals surface area contributed by atoms with Crippen LogP contribution in [0.1, 0.15) is 22.8 Å². The molecule has 4 aromatic heterocycles. The molecule has 0 unspecified atom stereocenters. The molecule has 7 nitrogen and oxygen atoms in total. The fourth-order valence-corrected chi connectivity index (χ4v) is 5.62. The molecule has 0 atom stereocenters. The molecule has 0 saturated carbocycles. The zero-order chi connectivity index (χ0) is 22.8. The highest BCUT2D eigenvalue weighted by atomic mass is 32.2. The highest BCUT2D eigenvalue weighted by Crippen LogP contribution is 2.31. The Bertz CT molecular complexity index is 1410. The second kappa shape index (κ2) is 9.38. The first-order valence-electron chi connectivity index (χ1n) is 10.0. The van der Waals surface area contributed by atoms with Gasteiger partial charge in [-0.3, -0.25) is 10.1 Å². The van der Waals surface area contributed by atoms with Gasteiger partial charge in [0.25, 0.3) is 5.91 Å². The molecule has 5 rings (SSSR count). The number of pyridine rings is 1. The van der Waals surface area contributed by atoms with Gasteiger partial charge >= 0.3 is 0 Å². The van der Waals surface area contributed by atoms with Gasteiger partial charge in [-0.1, -0.05) is 41.3 Å². The first-order valence-corrected chi connectivity index (χ1v) is 12.7. The number of aryl methyl sites for hydroxylation is 1. The Kier molecular flexibility index (Phi) is 6.16. The van der Waals surface area contributed by atoms with E-state index >= 15 is 0 Å². The molecule has 33 heavy (non-hydrogen) atoms. The lowest BCUT2D eigenvalue weighted by atomic mass is 10.1. The number of carbonyl (C=O) groups excluding carboxylic acids is 1. The molecule has 5 aromatic rings. The molecule has 4 heterocycles. The Labute approximate surface area is 200 Å². The Morgan fingerprint density at radius 3 is 2.82 bits per heavy atom. The number of amides is 1. The largest absolute Gasteiger partial charge is 0.296 e. The lowest BCUT2D eigenvalue weighted by Crippen LogP contribution is -2.13. The minimum absolute atomic E-state index is 0.262. The number of rotatable bonds is 7. The average Bonchev–Trinajstić information content (AvgIpc) is 3.59. The number of fused-ring (bicyclic) bond motifs is 1. The van der Waals surface area contributed by atoms with Crippen LogP contribution in [0, 0.1) is 5.82 Å². The van der Waals surface area contributed by atoms with Crippen molar-refractivity contribution in [2.45, 2.75) is 23.6 Å². The summed E-state index contributed by atoms with van der Waals surface area (Å²) < 4.78 is 15.6. The summed E-state index contributed by atoms with van der Waals surface area (Å²) in [6.45, 7) is 2.63. The number of aromatic nitrogens is 5. The van der Waals surface area contributed by atoms with E-state index in [1.54, 1.807) is 40.4 Å². The van der Waals surface area contributed by atoms with Crippen LogP contribution >= 0.6 is 34.4 Å². The number of hydrogen-bond donors (Lipinski definition) is 1. The van der Waals surface area contributed by atoms with Crippen molar-refractivity contribution in [2.24, 2.45) is 0 Å². The molecule has 0 spiro atoms. The lowest BCUT2D eigenvalue weighted by molar-refractivity contribution is 0.102. The predicted octanol–water partition coefficient (Wildman–Crippen LogP) is 5.71. The number of nitrogens with zero attached hydrogens (tertiary/aromatic N) is 5. The second-order valence-electron chi connectivity index (χ2n) is 6.97. The molecule has 0 bridgehead atoms. The van der Waals surface area contributed by atoms with Gasteiger partial charge in [-0.15, -0.1) is 21.5 Å². The van der Waals surface area contributed by atoms with Gasteiger partial charge in [0, 0.05) is 12.3 Å². The molecule has 1 amide bonds. The summed E-state index contributed by atoms with van der Waals surface area (Å²) in [6.07, 6.45) is 1.67. The summed E-state index contributed by atoms with van der Waals surface area (Å²) >= 11 is 4.34. The standard InChI is InChI=1S/C22H17FN6OS3/c1-2-29-19-16(11-24-29)15(10-17(25-19)18-4-3-9-31-18)20(30)26-21-27-28-22(33-21)32-12-13-5-7-14(23)8-6-13/h3-11H,2,12H2,1H3,(H,26,27,30). The van der Waals surface area contributed by atoms with Gasteiger partial charge in [0.05, 0.1) is 27.7 Å². The van der Waals surface area contributed by atoms with E-state index in [1.807, 2.05) is 24.4 Å². The quantitative estimate of drug-likeness (QED) is 0.229. The summed E-state index contributed by atoms with van der Waals surface area (Å²) in [5.74, 6) is 0.0810. The van der Waals surface area contributed by atoms with Crippen molar-refractivity contribution in [1.82, 2.24) is 25.0 Å². The van der Waals surface area contributed by atoms with Crippen LogP contribution in [0.15, 0.2) is 58.4 Å². The van der Waals surface area contributed by atoms with E-state index in [1.165, 1.54) is 35.2 Å². The van der Waals surface area contributed by atoms with Crippen molar-refractivity contribution in [3.05, 3.63) is 71.0 Å². The van der Waals surface area contributed by atoms with Crippen LogP contribution in [-0.4, -0.2) is 30.9 Å². The third-order valence-corrected chi connectivity index (χ3v) is 7.76. The number of thiophene rings is 1. The third kappa shape index (κ3) is 4.65. The summed E-state index contributed by atoms with van der Waals surface area (Å²) in [5, 5.41) is 18.6. The number of nitrogens with one attached hydrogen (secondary N) is 1. The van der Waals surface area contributed by atoms with Crippen molar-refractivity contribution in [3.63, 3.8) is 0 Å². The maximum atomic E-state index is 13.2. The molecule has 0 radical (unpaired) electrons. The first-order chi connectivity index (χ1) is 16.1. The second-order valence-corrected chi connectivity index (χ2v) is 10.1. The van der Waals surface area contributed by atoms with E-state index in [0.717, 1.165) is 16.1 Å². The van der Waals surface area contributed by atoms with Gasteiger partial charge in [-0.2, -0.15) is 5.10 Å². The smallest absolute Gasteiger partial charge is 0.258 e. The molecule has 0 aliphatic heterocycles. The Morgan fingerprint density at radius 1 is 1.21 bits per heavy atom. The van der Waals surface area contributed by atoms with Gasteiger partial charge < -0.3 is 0 Å². The third-order valence-electron chi connectivity index (χ3n) is 4.83. The Morgan fingerprint density at radius 2 is 2.06 bits per heavy atom. The summed E-state index contributed by atoms with van der Waals surface area (Å²) in [6, 6.07) is 12.1. The predicted molar refractivity (Wildman–Crippen MR) is 130 cm³/mol. The van der Waals surface area contributed by atoms with E-state index in [0.29, 0.717) is 38.4 Å². The lowest BCUT2D eigenvalue weighted by Gasteiger charge is -2.07. The molecule has 166 valence electrons. The summed E-state index contributed by atoms with van der Waals surface area (Å²) in [7, 11) is 0. The van der Waals surface area contributed by atoms with Crippen molar-refractivity contribution in [2.75, 3.05) is 5.32 Å². The van der Waals surface area contributed by atoms with Crippen LogP contribution in [0.2, 0.25) is 0 Å². The van der Waals surface area contributed by atoms with Gasteiger partial charge in [0.2, 0.25) is 5.13 Å². The zero-order valence-corrected chi connectivity index (χ0v) is 19.8. The van der Waals surface area contributed by atoms with Crippen LogP contribution in [0.25, 0.3) is 21.6 Å². The van der Waals surface area contributed by atoms with E-state index < -0.39 is 0 Å². The minimum Gasteiger partial charge on any atom is -0.296 e. The van der Waals surface area contributed by atoms with Crippen LogP contribution in [-0.2, 0) is 12.3 Å². The fraction of sp³-hybridized carbons (Fsp3) is 0.136. The van der Waals surface area contributed by atoms with Crippen LogP contribution in [0.4, 0.5) is 9.52 Å². The highest BCUT2D eigenvalue weighted by molar-refractivity contribution is 8.00.